The molecule has 0 radical (unpaired) electrons. The maximum absolute atomic E-state index is 14.1. The molecule has 0 bridgehead atoms. The molecule has 0 fully saturated rings. The summed E-state index contributed by atoms with van der Waals surface area (Å²) >= 11 is 12.5. The summed E-state index contributed by atoms with van der Waals surface area (Å²) in [5.41, 5.74) is 0.705. The molecule has 1 aliphatic carbocycles. The third kappa shape index (κ3) is 2.85. The lowest BCUT2D eigenvalue weighted by molar-refractivity contribution is 0.0259. The molecule has 2 heterocycles. The fourth-order valence-electron chi connectivity index (χ4n) is 4.82. The largest absolute Gasteiger partial charge is 0.496 e. The molecule has 0 N–H and O–H groups in total. The van der Waals surface area contributed by atoms with Gasteiger partial charge < -0.3 is 14.2 Å². The van der Waals surface area contributed by atoms with Crippen molar-refractivity contribution in [3.8, 4) is 28.5 Å². The van der Waals surface area contributed by atoms with Crippen LogP contribution in [0.5, 0.6) is 17.2 Å². The van der Waals surface area contributed by atoms with E-state index in [1.54, 1.807) is 30.8 Å². The van der Waals surface area contributed by atoms with Crippen LogP contribution >= 0.6 is 23.2 Å². The summed E-state index contributed by atoms with van der Waals surface area (Å²) in [5.74, 6) is -0.795. The predicted octanol–water partition coefficient (Wildman–Crippen LogP) is 4.80. The molecule has 2 aromatic carbocycles. The van der Waals surface area contributed by atoms with Crippen LogP contribution in [0.25, 0.3) is 11.3 Å². The van der Waals surface area contributed by atoms with Gasteiger partial charge in [0.2, 0.25) is 17.2 Å². The van der Waals surface area contributed by atoms with E-state index < -0.39 is 23.1 Å². The number of methoxy groups -OCH3 is 2. The van der Waals surface area contributed by atoms with E-state index in [0.29, 0.717) is 28.4 Å². The molecule has 0 amide bonds. The zero-order chi connectivity index (χ0) is 23.7. The molecule has 0 unspecified atom stereocenters. The van der Waals surface area contributed by atoms with Crippen molar-refractivity contribution < 1.29 is 23.8 Å². The second-order valence-electron chi connectivity index (χ2n) is 8.20. The van der Waals surface area contributed by atoms with Crippen LogP contribution in [0.1, 0.15) is 33.3 Å². The number of fused-ring (bicyclic) bond motifs is 2. The maximum Gasteiger partial charge on any atom is 0.237 e. The number of nitrogens with zero attached hydrogens (tertiary/aromatic N) is 2. The standard InChI is InChI=1S/C24H20Cl2N2O5/c1-11-9-14-17(20(28(2)27-14)12-5-7-13(25)8-6-12)22(29)24(11)23(30)18-15(31-3)10-16(32-4)19(26)21(18)33-24/h5-8,10-11H,9H2,1-4H3/t11-,24+/m1/s1. The minimum atomic E-state index is -1.77. The average molecular weight is 487 g/mol. The highest BCUT2D eigenvalue weighted by molar-refractivity contribution is 6.36. The quantitative estimate of drug-likeness (QED) is 0.494. The van der Waals surface area contributed by atoms with Crippen LogP contribution < -0.4 is 14.2 Å². The molecule has 170 valence electrons. The van der Waals surface area contributed by atoms with Gasteiger partial charge in [-0.15, -0.1) is 0 Å². The lowest BCUT2D eigenvalue weighted by Gasteiger charge is -2.35. The number of aromatic nitrogens is 2. The van der Waals surface area contributed by atoms with E-state index >= 15 is 0 Å². The molecule has 0 saturated heterocycles. The Kier molecular flexibility index (Phi) is 4.95. The van der Waals surface area contributed by atoms with E-state index in [2.05, 4.69) is 5.10 Å². The van der Waals surface area contributed by atoms with Gasteiger partial charge in [-0.3, -0.25) is 14.3 Å². The van der Waals surface area contributed by atoms with Crippen LogP contribution in [0, 0.1) is 5.92 Å². The molecule has 2 atom stereocenters. The van der Waals surface area contributed by atoms with Gasteiger partial charge in [0.1, 0.15) is 22.1 Å². The summed E-state index contributed by atoms with van der Waals surface area (Å²) < 4.78 is 18.6. The molecule has 9 heteroatoms. The first-order valence-corrected chi connectivity index (χ1v) is 11.0. The van der Waals surface area contributed by atoms with Crippen molar-refractivity contribution in [2.24, 2.45) is 13.0 Å². The normalized spacial score (nSPS) is 21.1. The van der Waals surface area contributed by atoms with Crippen LogP contribution in [-0.4, -0.2) is 41.2 Å². The molecular formula is C24H20Cl2N2O5. The number of hydrogen-bond acceptors (Lipinski definition) is 6. The van der Waals surface area contributed by atoms with Crippen molar-refractivity contribution in [3.63, 3.8) is 0 Å². The summed E-state index contributed by atoms with van der Waals surface area (Å²) in [7, 11) is 4.66. The van der Waals surface area contributed by atoms with Crippen LogP contribution in [-0.2, 0) is 13.5 Å². The molecule has 1 aromatic heterocycles. The number of carbonyl (C=O) groups is 2. The van der Waals surface area contributed by atoms with E-state index in [4.69, 9.17) is 37.4 Å². The highest BCUT2D eigenvalue weighted by Crippen LogP contribution is 2.54. The van der Waals surface area contributed by atoms with Gasteiger partial charge in [-0.05, 0) is 18.6 Å². The first kappa shape index (κ1) is 21.8. The molecular weight excluding hydrogens is 467 g/mol. The number of ether oxygens (including phenoxy) is 3. The first-order valence-electron chi connectivity index (χ1n) is 10.3. The molecule has 7 nitrogen and oxygen atoms in total. The lowest BCUT2D eigenvalue weighted by Crippen LogP contribution is -2.56. The number of aryl methyl sites for hydroxylation is 1. The molecule has 1 aliphatic heterocycles. The summed E-state index contributed by atoms with van der Waals surface area (Å²) in [5, 5.41) is 5.28. The van der Waals surface area contributed by atoms with Crippen LogP contribution in [0.2, 0.25) is 10.0 Å². The van der Waals surface area contributed by atoms with Crippen molar-refractivity contribution in [2.45, 2.75) is 18.9 Å². The number of halogens is 2. The van der Waals surface area contributed by atoms with E-state index in [1.807, 2.05) is 12.1 Å². The van der Waals surface area contributed by atoms with Gasteiger partial charge >= 0.3 is 0 Å². The Morgan fingerprint density at radius 3 is 2.33 bits per heavy atom. The Morgan fingerprint density at radius 2 is 1.70 bits per heavy atom. The van der Waals surface area contributed by atoms with Crippen molar-refractivity contribution in [2.75, 3.05) is 14.2 Å². The molecule has 3 aromatic rings. The van der Waals surface area contributed by atoms with E-state index in [9.17, 15) is 9.59 Å². The molecule has 0 saturated carbocycles. The van der Waals surface area contributed by atoms with Crippen molar-refractivity contribution >= 4 is 34.8 Å². The number of carbonyl (C=O) groups excluding carboxylic acids is 2. The fourth-order valence-corrected chi connectivity index (χ4v) is 5.21. The zero-order valence-electron chi connectivity index (χ0n) is 18.4. The van der Waals surface area contributed by atoms with Crippen molar-refractivity contribution in [1.82, 2.24) is 9.78 Å². The molecule has 5 rings (SSSR count). The summed E-state index contributed by atoms with van der Waals surface area (Å²) in [4.78, 5) is 28.0. The van der Waals surface area contributed by atoms with E-state index in [1.165, 1.54) is 20.3 Å². The third-order valence-electron chi connectivity index (χ3n) is 6.41. The second kappa shape index (κ2) is 7.50. The summed E-state index contributed by atoms with van der Waals surface area (Å²) in [6.45, 7) is 1.80. The first-order chi connectivity index (χ1) is 15.7. The number of Topliss-reactive ketones (excluding diaryl/α,β-unsaturated/α-hetero) is 2. The van der Waals surface area contributed by atoms with Gasteiger partial charge in [0.05, 0.1) is 31.2 Å². The smallest absolute Gasteiger partial charge is 0.237 e. The predicted molar refractivity (Wildman–Crippen MR) is 123 cm³/mol. The summed E-state index contributed by atoms with van der Waals surface area (Å²) in [6.07, 6.45) is 0.374. The number of ketones is 2. The minimum Gasteiger partial charge on any atom is -0.496 e. The van der Waals surface area contributed by atoms with E-state index in [0.717, 1.165) is 5.56 Å². The monoisotopic (exact) mass is 486 g/mol. The van der Waals surface area contributed by atoms with Crippen LogP contribution in [0.4, 0.5) is 0 Å². The van der Waals surface area contributed by atoms with Gasteiger partial charge in [-0.2, -0.15) is 5.10 Å². The lowest BCUT2D eigenvalue weighted by atomic mass is 9.71. The molecule has 1 spiro atoms. The summed E-state index contributed by atoms with van der Waals surface area (Å²) in [6, 6.07) is 8.63. The number of rotatable bonds is 3. The Labute approximate surface area is 200 Å². The fraction of sp³-hybridized carbons (Fsp3) is 0.292. The highest BCUT2D eigenvalue weighted by Gasteiger charge is 2.62. The van der Waals surface area contributed by atoms with Gasteiger partial charge in [0, 0.05) is 29.6 Å². The molecule has 33 heavy (non-hydrogen) atoms. The Morgan fingerprint density at radius 1 is 1.06 bits per heavy atom. The third-order valence-corrected chi connectivity index (χ3v) is 7.02. The SMILES string of the molecule is COc1cc(OC)c2c(c1Cl)O[C@]1(C2=O)C(=O)c2c(nn(C)c2-c2ccc(Cl)cc2)C[C@H]1C. The van der Waals surface area contributed by atoms with E-state index in [-0.39, 0.29) is 27.8 Å². The van der Waals surface area contributed by atoms with Crippen molar-refractivity contribution in [1.29, 1.82) is 0 Å². The zero-order valence-corrected chi connectivity index (χ0v) is 19.9. The van der Waals surface area contributed by atoms with Crippen molar-refractivity contribution in [3.05, 3.63) is 57.2 Å². The Hall–Kier alpha value is -3.03. The average Bonchev–Trinajstić information content (AvgIpc) is 3.29. The number of benzene rings is 2. The topological polar surface area (TPSA) is 79.7 Å². The van der Waals surface area contributed by atoms with Gasteiger partial charge in [0.25, 0.3) is 0 Å². The van der Waals surface area contributed by atoms with Crippen LogP contribution in [0.15, 0.2) is 30.3 Å². The Balaban J connectivity index is 1.71. The maximum atomic E-state index is 14.1. The second-order valence-corrected chi connectivity index (χ2v) is 9.02. The van der Waals surface area contributed by atoms with Gasteiger partial charge in [-0.25, -0.2) is 0 Å². The number of hydrogen-bond donors (Lipinski definition) is 0. The highest BCUT2D eigenvalue weighted by atomic mass is 35.5. The minimum absolute atomic E-state index is 0.0958. The van der Waals surface area contributed by atoms with Gasteiger partial charge in [0.15, 0.2) is 5.75 Å². The van der Waals surface area contributed by atoms with Crippen LogP contribution in [0.3, 0.4) is 0 Å². The van der Waals surface area contributed by atoms with Gasteiger partial charge in [-0.1, -0.05) is 42.3 Å². The molecule has 2 aliphatic rings. The Bertz CT molecular complexity index is 1330.